The maximum absolute atomic E-state index is 11.0. The van der Waals surface area contributed by atoms with Crippen LogP contribution >= 0.6 is 0 Å². The van der Waals surface area contributed by atoms with Gasteiger partial charge >= 0.3 is 5.97 Å². The number of rotatable bonds is 5. The van der Waals surface area contributed by atoms with Crippen LogP contribution in [-0.4, -0.2) is 30.8 Å². The lowest BCUT2D eigenvalue weighted by molar-refractivity contribution is -0.142. The Hall–Kier alpha value is -1.55. The first-order chi connectivity index (χ1) is 8.69. The molecule has 2 rings (SSSR count). The predicted octanol–water partition coefficient (Wildman–Crippen LogP) is 1.51. The van der Waals surface area contributed by atoms with E-state index in [0.717, 1.165) is 12.1 Å². The second-order valence-corrected chi connectivity index (χ2v) is 4.65. The van der Waals surface area contributed by atoms with Crippen molar-refractivity contribution in [2.75, 3.05) is 19.0 Å². The summed E-state index contributed by atoms with van der Waals surface area (Å²) >= 11 is 0. The second-order valence-electron chi connectivity index (χ2n) is 4.65. The van der Waals surface area contributed by atoms with Gasteiger partial charge in [0.2, 0.25) is 0 Å². The van der Waals surface area contributed by atoms with Crippen LogP contribution in [0.25, 0.3) is 0 Å². The number of ether oxygens (including phenoxy) is 1. The molecular formula is C14H19NO3. The van der Waals surface area contributed by atoms with E-state index in [4.69, 9.17) is 0 Å². The van der Waals surface area contributed by atoms with E-state index in [1.807, 2.05) is 6.07 Å². The fraction of sp³-hybridized carbons (Fsp3) is 0.500. The standard InChI is InChI=1S/C14H19NO3/c1-18-14(17)8-13(16)9-15-12-6-5-10-3-2-4-11(10)7-12/h5-7,13,15-16H,2-4,8-9H2,1H3. The third kappa shape index (κ3) is 3.23. The van der Waals surface area contributed by atoms with E-state index in [1.54, 1.807) is 0 Å². The molecule has 0 radical (unpaired) electrons. The summed E-state index contributed by atoms with van der Waals surface area (Å²) in [6.45, 7) is 0.355. The maximum Gasteiger partial charge on any atom is 0.308 e. The summed E-state index contributed by atoms with van der Waals surface area (Å²) in [6.07, 6.45) is 2.83. The van der Waals surface area contributed by atoms with Gasteiger partial charge in [0.25, 0.3) is 0 Å². The van der Waals surface area contributed by atoms with Crippen molar-refractivity contribution in [3.63, 3.8) is 0 Å². The van der Waals surface area contributed by atoms with Crippen molar-refractivity contribution in [1.82, 2.24) is 0 Å². The highest BCUT2D eigenvalue weighted by molar-refractivity contribution is 5.69. The normalized spacial score (nSPS) is 15.0. The predicted molar refractivity (Wildman–Crippen MR) is 69.6 cm³/mol. The highest BCUT2D eigenvalue weighted by Crippen LogP contribution is 2.24. The Kier molecular flexibility index (Phi) is 4.20. The Labute approximate surface area is 107 Å². The fourth-order valence-corrected chi connectivity index (χ4v) is 2.27. The smallest absolute Gasteiger partial charge is 0.308 e. The topological polar surface area (TPSA) is 58.6 Å². The molecule has 0 aromatic heterocycles. The van der Waals surface area contributed by atoms with Gasteiger partial charge in [-0.25, -0.2) is 0 Å². The molecule has 1 aliphatic carbocycles. The first kappa shape index (κ1) is 12.9. The van der Waals surface area contributed by atoms with Crippen LogP contribution in [0.15, 0.2) is 18.2 Å². The molecule has 0 heterocycles. The Morgan fingerprint density at radius 2 is 2.22 bits per heavy atom. The summed E-state index contributed by atoms with van der Waals surface area (Å²) in [7, 11) is 1.32. The molecule has 0 spiro atoms. The number of esters is 1. The number of aliphatic hydroxyl groups excluding tert-OH is 1. The van der Waals surface area contributed by atoms with Gasteiger partial charge in [0, 0.05) is 12.2 Å². The summed E-state index contributed by atoms with van der Waals surface area (Å²) in [5.74, 6) is -0.391. The van der Waals surface area contributed by atoms with Crippen molar-refractivity contribution in [2.24, 2.45) is 0 Å². The molecule has 98 valence electrons. The summed E-state index contributed by atoms with van der Waals surface area (Å²) in [6, 6.07) is 6.29. The number of hydrogen-bond acceptors (Lipinski definition) is 4. The first-order valence-electron chi connectivity index (χ1n) is 6.29. The molecule has 0 amide bonds. The molecule has 1 aromatic carbocycles. The minimum absolute atomic E-state index is 0.0223. The summed E-state index contributed by atoms with van der Waals surface area (Å²) in [5, 5.41) is 12.8. The largest absolute Gasteiger partial charge is 0.469 e. The molecule has 4 heteroatoms. The van der Waals surface area contributed by atoms with Gasteiger partial charge in [-0.05, 0) is 42.5 Å². The third-order valence-corrected chi connectivity index (χ3v) is 3.27. The van der Waals surface area contributed by atoms with E-state index in [2.05, 4.69) is 22.2 Å². The van der Waals surface area contributed by atoms with E-state index < -0.39 is 12.1 Å². The van der Waals surface area contributed by atoms with Gasteiger partial charge in [-0.3, -0.25) is 4.79 Å². The molecule has 0 bridgehead atoms. The van der Waals surface area contributed by atoms with Crippen molar-refractivity contribution >= 4 is 11.7 Å². The lowest BCUT2D eigenvalue weighted by Gasteiger charge is -2.12. The van der Waals surface area contributed by atoms with Crippen LogP contribution in [0.1, 0.15) is 24.0 Å². The Balaban J connectivity index is 1.85. The number of aryl methyl sites for hydroxylation is 2. The van der Waals surface area contributed by atoms with E-state index in [-0.39, 0.29) is 6.42 Å². The van der Waals surface area contributed by atoms with Crippen molar-refractivity contribution in [3.8, 4) is 0 Å². The fourth-order valence-electron chi connectivity index (χ4n) is 2.27. The number of carbonyl (C=O) groups is 1. The lowest BCUT2D eigenvalue weighted by atomic mass is 10.1. The first-order valence-corrected chi connectivity index (χ1v) is 6.29. The van der Waals surface area contributed by atoms with Gasteiger partial charge in [-0.15, -0.1) is 0 Å². The van der Waals surface area contributed by atoms with Crippen LogP contribution in [0, 0.1) is 0 Å². The number of carbonyl (C=O) groups excluding carboxylic acids is 1. The van der Waals surface area contributed by atoms with Crippen LogP contribution in [0.3, 0.4) is 0 Å². The zero-order chi connectivity index (χ0) is 13.0. The number of aliphatic hydroxyl groups is 1. The average molecular weight is 249 g/mol. The molecule has 1 aromatic rings. The average Bonchev–Trinajstić information content (AvgIpc) is 2.83. The minimum atomic E-state index is -0.717. The molecule has 1 unspecified atom stereocenters. The number of fused-ring (bicyclic) bond motifs is 1. The van der Waals surface area contributed by atoms with Crippen LogP contribution in [0.5, 0.6) is 0 Å². The van der Waals surface area contributed by atoms with Crippen molar-refractivity contribution in [1.29, 1.82) is 0 Å². The zero-order valence-electron chi connectivity index (χ0n) is 10.6. The van der Waals surface area contributed by atoms with E-state index in [0.29, 0.717) is 6.54 Å². The molecular weight excluding hydrogens is 230 g/mol. The van der Waals surface area contributed by atoms with Gasteiger partial charge < -0.3 is 15.2 Å². The Morgan fingerprint density at radius 3 is 3.00 bits per heavy atom. The maximum atomic E-state index is 11.0. The van der Waals surface area contributed by atoms with Gasteiger partial charge in [0.05, 0.1) is 19.6 Å². The van der Waals surface area contributed by atoms with E-state index >= 15 is 0 Å². The molecule has 2 N–H and O–H groups in total. The highest BCUT2D eigenvalue weighted by atomic mass is 16.5. The number of anilines is 1. The Bertz CT molecular complexity index is 431. The second kappa shape index (κ2) is 5.87. The molecule has 0 fully saturated rings. The molecule has 1 aliphatic rings. The van der Waals surface area contributed by atoms with Gasteiger partial charge in [-0.1, -0.05) is 6.07 Å². The van der Waals surface area contributed by atoms with Gasteiger partial charge in [-0.2, -0.15) is 0 Å². The number of methoxy groups -OCH3 is 1. The molecule has 4 nitrogen and oxygen atoms in total. The zero-order valence-corrected chi connectivity index (χ0v) is 10.6. The third-order valence-electron chi connectivity index (χ3n) is 3.27. The monoisotopic (exact) mass is 249 g/mol. The molecule has 18 heavy (non-hydrogen) atoms. The van der Waals surface area contributed by atoms with Gasteiger partial charge in [0.1, 0.15) is 0 Å². The van der Waals surface area contributed by atoms with E-state index in [9.17, 15) is 9.90 Å². The molecule has 0 saturated heterocycles. The SMILES string of the molecule is COC(=O)CC(O)CNc1ccc2c(c1)CCC2. The number of benzene rings is 1. The quantitative estimate of drug-likeness (QED) is 0.777. The Morgan fingerprint density at radius 1 is 1.44 bits per heavy atom. The lowest BCUT2D eigenvalue weighted by Crippen LogP contribution is -2.23. The summed E-state index contributed by atoms with van der Waals surface area (Å²) in [5.41, 5.74) is 3.82. The van der Waals surface area contributed by atoms with Crippen LogP contribution in [-0.2, 0) is 22.4 Å². The van der Waals surface area contributed by atoms with Crippen molar-refractivity contribution in [3.05, 3.63) is 29.3 Å². The van der Waals surface area contributed by atoms with Crippen LogP contribution < -0.4 is 5.32 Å². The van der Waals surface area contributed by atoms with Crippen molar-refractivity contribution in [2.45, 2.75) is 31.8 Å². The highest BCUT2D eigenvalue weighted by Gasteiger charge is 2.13. The molecule has 0 aliphatic heterocycles. The van der Waals surface area contributed by atoms with Crippen LogP contribution in [0.4, 0.5) is 5.69 Å². The minimum Gasteiger partial charge on any atom is -0.469 e. The van der Waals surface area contributed by atoms with Crippen LogP contribution in [0.2, 0.25) is 0 Å². The van der Waals surface area contributed by atoms with Gasteiger partial charge in [0.15, 0.2) is 0 Å². The number of nitrogens with one attached hydrogen (secondary N) is 1. The van der Waals surface area contributed by atoms with Crippen molar-refractivity contribution < 1.29 is 14.6 Å². The van der Waals surface area contributed by atoms with E-state index in [1.165, 1.54) is 31.1 Å². The molecule has 1 atom stereocenters. The summed E-state index contributed by atoms with van der Waals surface area (Å²) in [4.78, 5) is 11.0. The summed E-state index contributed by atoms with van der Waals surface area (Å²) < 4.78 is 4.51. The number of hydrogen-bond donors (Lipinski definition) is 2. The molecule has 0 saturated carbocycles.